The van der Waals surface area contributed by atoms with Gasteiger partial charge in [0.25, 0.3) is 0 Å². The number of aromatic nitrogens is 3. The number of anilines is 1. The third-order valence-electron chi connectivity index (χ3n) is 4.99. The number of hydrogen-bond donors (Lipinski definition) is 1. The molecule has 0 spiro atoms. The molecule has 2 heterocycles. The summed E-state index contributed by atoms with van der Waals surface area (Å²) in [6, 6.07) is 16.6. The van der Waals surface area contributed by atoms with Gasteiger partial charge >= 0.3 is 0 Å². The van der Waals surface area contributed by atoms with Crippen LogP contribution in [0.3, 0.4) is 0 Å². The van der Waals surface area contributed by atoms with Crippen molar-refractivity contribution >= 4 is 28.3 Å². The zero-order chi connectivity index (χ0) is 21.6. The maximum atomic E-state index is 12.5. The number of ether oxygens (including phenoxy) is 1. The Hall–Kier alpha value is -3.52. The van der Waals surface area contributed by atoms with Gasteiger partial charge in [0, 0.05) is 17.1 Å². The number of imidazole rings is 1. The van der Waals surface area contributed by atoms with Gasteiger partial charge in [-0.15, -0.1) is 0 Å². The summed E-state index contributed by atoms with van der Waals surface area (Å²) in [6.07, 6.45) is 7.53. The highest BCUT2D eigenvalue weighted by molar-refractivity contribution is 6.00. The molecule has 2 aromatic carbocycles. The van der Waals surface area contributed by atoms with E-state index in [0.29, 0.717) is 30.0 Å². The van der Waals surface area contributed by atoms with Crippen LogP contribution in [-0.4, -0.2) is 28.4 Å². The number of pyridine rings is 1. The Kier molecular flexibility index (Phi) is 7.72. The summed E-state index contributed by atoms with van der Waals surface area (Å²) in [4.78, 5) is 29.2. The Morgan fingerprint density at radius 1 is 1.09 bits per heavy atom. The molecule has 0 saturated carbocycles. The Labute approximate surface area is 196 Å². The molecule has 1 amide bonds. The van der Waals surface area contributed by atoms with E-state index in [9.17, 15) is 9.59 Å². The maximum Gasteiger partial charge on any atom is 0.244 e. The molecule has 0 fully saturated rings. The van der Waals surface area contributed by atoms with E-state index in [1.54, 1.807) is 42.1 Å². The van der Waals surface area contributed by atoms with Crippen LogP contribution in [0.5, 0.6) is 5.75 Å². The molecule has 0 aliphatic carbocycles. The molecule has 164 valence electrons. The van der Waals surface area contributed by atoms with Gasteiger partial charge in [-0.3, -0.25) is 14.6 Å². The normalized spacial score (nSPS) is 10.4. The second-order valence-corrected chi connectivity index (χ2v) is 7.15. The third-order valence-corrected chi connectivity index (χ3v) is 4.99. The number of methoxy groups -OCH3 is 1. The summed E-state index contributed by atoms with van der Waals surface area (Å²) in [5, 5.41) is 3.92. The van der Waals surface area contributed by atoms with Crippen molar-refractivity contribution in [3.8, 4) is 5.75 Å². The quantitative estimate of drug-likeness (QED) is 0.281. The van der Waals surface area contributed by atoms with Crippen molar-refractivity contribution in [2.24, 2.45) is 0 Å². The molecule has 0 radical (unpaired) electrons. The Morgan fingerprint density at radius 3 is 2.66 bits per heavy atom. The third kappa shape index (κ3) is 5.59. The van der Waals surface area contributed by atoms with Gasteiger partial charge in [0.2, 0.25) is 18.0 Å². The average Bonchev–Trinajstić information content (AvgIpc) is 3.25. The SMILES string of the molecule is COc1ccc(C(=O)C[n+]2ccn(CCC(=O)Nc3cccc4cccnc34)c2)cc1.[Br-]. The molecule has 0 bridgehead atoms. The molecule has 8 heteroatoms. The predicted molar refractivity (Wildman–Crippen MR) is 117 cm³/mol. The zero-order valence-electron chi connectivity index (χ0n) is 17.6. The average molecular weight is 495 g/mol. The largest absolute Gasteiger partial charge is 1.00 e. The molecule has 1 N–H and O–H groups in total. The molecular weight excluding hydrogens is 472 g/mol. The highest BCUT2D eigenvalue weighted by Gasteiger charge is 2.13. The van der Waals surface area contributed by atoms with E-state index in [0.717, 1.165) is 10.9 Å². The number of benzene rings is 2. The number of hydrogen-bond acceptors (Lipinski definition) is 4. The van der Waals surface area contributed by atoms with E-state index < -0.39 is 0 Å². The molecule has 4 aromatic rings. The number of para-hydroxylation sites is 1. The van der Waals surface area contributed by atoms with Crippen molar-refractivity contribution in [1.29, 1.82) is 0 Å². The van der Waals surface area contributed by atoms with Crippen LogP contribution in [0.2, 0.25) is 0 Å². The van der Waals surface area contributed by atoms with Crippen molar-refractivity contribution in [2.45, 2.75) is 19.5 Å². The van der Waals surface area contributed by atoms with Gasteiger partial charge in [-0.2, -0.15) is 0 Å². The first-order valence-corrected chi connectivity index (χ1v) is 9.98. The number of nitrogens with zero attached hydrogens (tertiary/aromatic N) is 3. The van der Waals surface area contributed by atoms with Crippen LogP contribution in [0.15, 0.2) is 79.5 Å². The number of carbonyl (C=O) groups excluding carboxylic acids is 2. The number of ketones is 1. The van der Waals surface area contributed by atoms with Gasteiger partial charge in [-0.1, -0.05) is 18.2 Å². The lowest BCUT2D eigenvalue weighted by Gasteiger charge is -2.07. The van der Waals surface area contributed by atoms with E-state index in [2.05, 4.69) is 10.3 Å². The standard InChI is InChI=1S/C24H22N4O3.BrH/c1-31-20-9-7-18(8-10-20)22(29)16-28-15-14-27(17-28)13-11-23(30)26-21-6-2-4-19-5-3-12-25-24(19)21;/h2-10,12,14-15,17H,11,13,16H2,1H3;1H. The summed E-state index contributed by atoms with van der Waals surface area (Å²) < 4.78 is 8.82. The monoisotopic (exact) mass is 494 g/mol. The minimum atomic E-state index is -0.0901. The maximum absolute atomic E-state index is 12.5. The summed E-state index contributed by atoms with van der Waals surface area (Å²) >= 11 is 0. The first kappa shape index (κ1) is 23.1. The van der Waals surface area contributed by atoms with Crippen LogP contribution in [-0.2, 0) is 17.9 Å². The fourth-order valence-corrected chi connectivity index (χ4v) is 3.35. The van der Waals surface area contributed by atoms with Gasteiger partial charge in [-0.25, -0.2) is 9.13 Å². The molecule has 0 atom stereocenters. The van der Waals surface area contributed by atoms with Gasteiger partial charge in [0.15, 0.2) is 6.54 Å². The number of halogens is 1. The van der Waals surface area contributed by atoms with Gasteiger partial charge < -0.3 is 27.0 Å². The molecule has 32 heavy (non-hydrogen) atoms. The Balaban J connectivity index is 0.00000289. The van der Waals surface area contributed by atoms with Crippen LogP contribution in [0.25, 0.3) is 10.9 Å². The lowest BCUT2D eigenvalue weighted by atomic mass is 10.1. The molecular formula is C24H23BrN4O3. The minimum absolute atomic E-state index is 0. The first-order chi connectivity index (χ1) is 15.1. The smallest absolute Gasteiger partial charge is 0.244 e. The second-order valence-electron chi connectivity index (χ2n) is 7.15. The number of carbonyl (C=O) groups is 2. The molecule has 2 aromatic heterocycles. The number of fused-ring (bicyclic) bond motifs is 1. The van der Waals surface area contributed by atoms with E-state index in [1.165, 1.54) is 0 Å². The van der Waals surface area contributed by atoms with Crippen molar-refractivity contribution < 1.29 is 35.9 Å². The van der Waals surface area contributed by atoms with Crippen molar-refractivity contribution in [2.75, 3.05) is 12.4 Å². The Morgan fingerprint density at radius 2 is 1.88 bits per heavy atom. The van der Waals surface area contributed by atoms with Gasteiger partial charge in [-0.05, 0) is 36.4 Å². The van der Waals surface area contributed by atoms with Gasteiger partial charge in [0.1, 0.15) is 18.1 Å². The molecule has 0 aliphatic heterocycles. The highest BCUT2D eigenvalue weighted by Crippen LogP contribution is 2.20. The van der Waals surface area contributed by atoms with Crippen LogP contribution in [0, 0.1) is 0 Å². The fraction of sp³-hybridized carbons (Fsp3) is 0.167. The number of Topliss-reactive ketones (excluding diaryl/α,β-unsaturated/α-hetero) is 1. The van der Waals surface area contributed by atoms with Gasteiger partial charge in [0.05, 0.1) is 31.3 Å². The number of nitrogens with one attached hydrogen (secondary N) is 1. The zero-order valence-corrected chi connectivity index (χ0v) is 19.2. The lowest BCUT2D eigenvalue weighted by molar-refractivity contribution is -0.682. The van der Waals surface area contributed by atoms with Crippen LogP contribution in [0.1, 0.15) is 16.8 Å². The fourth-order valence-electron chi connectivity index (χ4n) is 3.35. The van der Waals surface area contributed by atoms with E-state index >= 15 is 0 Å². The van der Waals surface area contributed by atoms with Crippen LogP contribution in [0.4, 0.5) is 5.69 Å². The molecule has 7 nitrogen and oxygen atoms in total. The van der Waals surface area contributed by atoms with Crippen molar-refractivity contribution in [3.63, 3.8) is 0 Å². The topological polar surface area (TPSA) is 77.1 Å². The van der Waals surface area contributed by atoms with Crippen molar-refractivity contribution in [1.82, 2.24) is 9.55 Å². The van der Waals surface area contributed by atoms with E-state index in [-0.39, 0.29) is 35.2 Å². The molecule has 4 rings (SSSR count). The Bertz CT molecular complexity index is 1220. The second kappa shape index (κ2) is 10.7. The van der Waals surface area contributed by atoms with Crippen LogP contribution < -0.4 is 31.6 Å². The van der Waals surface area contributed by atoms with E-state index in [1.807, 2.05) is 53.6 Å². The summed E-state index contributed by atoms with van der Waals surface area (Å²) in [5.74, 6) is 0.632. The molecule has 0 saturated heterocycles. The molecule has 0 aliphatic rings. The highest BCUT2D eigenvalue weighted by atomic mass is 79.9. The first-order valence-electron chi connectivity index (χ1n) is 9.98. The summed E-state index contributed by atoms with van der Waals surface area (Å²) in [5.41, 5.74) is 2.11. The predicted octanol–water partition coefficient (Wildman–Crippen LogP) is 0.248. The van der Waals surface area contributed by atoms with Crippen molar-refractivity contribution in [3.05, 3.63) is 85.1 Å². The number of amides is 1. The van der Waals surface area contributed by atoms with Crippen LogP contribution >= 0.6 is 0 Å². The summed E-state index contributed by atoms with van der Waals surface area (Å²) in [6.45, 7) is 0.737. The lowest BCUT2D eigenvalue weighted by Crippen LogP contribution is -3.00. The number of rotatable bonds is 8. The number of aryl methyl sites for hydroxylation is 1. The van der Waals surface area contributed by atoms with E-state index in [4.69, 9.17) is 4.74 Å². The summed E-state index contributed by atoms with van der Waals surface area (Å²) in [7, 11) is 1.59. The minimum Gasteiger partial charge on any atom is -1.00 e. The molecule has 0 unspecified atom stereocenters.